The van der Waals surface area contributed by atoms with Crippen molar-refractivity contribution in [1.82, 2.24) is 4.57 Å². The van der Waals surface area contributed by atoms with E-state index >= 15 is 0 Å². The second kappa shape index (κ2) is 8.67. The Balaban J connectivity index is 2.35. The first-order chi connectivity index (χ1) is 15.1. The summed E-state index contributed by atoms with van der Waals surface area (Å²) in [5, 5.41) is 1.38. The lowest BCUT2D eigenvalue weighted by Crippen LogP contribution is -2.46. The number of carbonyl (C=O) groups is 2. The minimum atomic E-state index is -0.423. The number of likely N-dealkylation sites (N-methyl/N-ethyl adjacent to an activating group) is 1. The van der Waals surface area contributed by atoms with Gasteiger partial charge < -0.3 is 18.8 Å². The highest BCUT2D eigenvalue weighted by molar-refractivity contribution is 6.44. The number of rotatable bonds is 8. The van der Waals surface area contributed by atoms with Gasteiger partial charge in [0.1, 0.15) is 11.1 Å². The molecule has 2 heterocycles. The first-order valence-corrected chi connectivity index (χ1v) is 10.5. The molecule has 0 N–H and O–H groups in total. The molecular weight excluding hydrogens is 408 g/mol. The quantitative estimate of drug-likeness (QED) is 0.466. The van der Waals surface area contributed by atoms with E-state index in [0.717, 1.165) is 24.7 Å². The van der Waals surface area contributed by atoms with Crippen molar-refractivity contribution in [2.24, 2.45) is 0 Å². The van der Waals surface area contributed by atoms with Gasteiger partial charge in [0.05, 0.1) is 35.4 Å². The maximum atomic E-state index is 13.5. The van der Waals surface area contributed by atoms with Crippen LogP contribution in [0, 0.1) is 0 Å². The number of unbranched alkanes of at least 4 members (excludes halogenated alkanes) is 1. The van der Waals surface area contributed by atoms with Crippen molar-refractivity contribution in [3.05, 3.63) is 40.0 Å². The molecule has 0 fully saturated rings. The van der Waals surface area contributed by atoms with Crippen LogP contribution in [0.2, 0.25) is 0 Å². The molecule has 3 rings (SSSR count). The molecule has 2 aromatic rings. The van der Waals surface area contributed by atoms with Crippen LogP contribution in [-0.2, 0) is 16.1 Å². The Morgan fingerprint density at radius 2 is 1.50 bits per heavy atom. The molecule has 0 atom stereocenters. The van der Waals surface area contributed by atoms with E-state index in [-0.39, 0.29) is 11.8 Å². The molecule has 0 spiro atoms. The van der Waals surface area contributed by atoms with Gasteiger partial charge in [0, 0.05) is 28.9 Å². The number of nitrogens with zero attached hydrogens (tertiary/aromatic N) is 2. The largest absolute Gasteiger partial charge is 0.493 e. The second-order valence-electron chi connectivity index (χ2n) is 8.24. The highest BCUT2D eigenvalue weighted by atomic mass is 16.5. The first-order valence-electron chi connectivity index (χ1n) is 10.5. The normalized spacial score (nSPS) is 15.4. The van der Waals surface area contributed by atoms with E-state index in [1.807, 2.05) is 10.8 Å². The molecule has 32 heavy (non-hydrogen) atoms. The van der Waals surface area contributed by atoms with Gasteiger partial charge in [0.25, 0.3) is 0 Å². The Morgan fingerprint density at radius 1 is 0.938 bits per heavy atom. The van der Waals surface area contributed by atoms with Crippen molar-refractivity contribution in [3.63, 3.8) is 0 Å². The molecule has 0 radical (unpaired) electrons. The van der Waals surface area contributed by atoms with Crippen molar-refractivity contribution in [2.75, 3.05) is 35.4 Å². The van der Waals surface area contributed by atoms with Crippen LogP contribution >= 0.6 is 0 Å². The number of quaternary nitrogens is 1. The zero-order valence-corrected chi connectivity index (χ0v) is 19.7. The maximum Gasteiger partial charge on any atom is 0.354 e. The molecule has 170 valence electrons. The lowest BCUT2D eigenvalue weighted by Gasteiger charge is -2.18. The SMILES string of the molecule is C=c1c(C2=C(c3cc(OC)c(OC)c(OC)c3)C(=O)[N+](C)(C)C2=O)cn(CCCC)c1=C. The number of methoxy groups -OCH3 is 3. The summed E-state index contributed by atoms with van der Waals surface area (Å²) in [5.74, 6) is 0.607. The fourth-order valence-corrected chi connectivity index (χ4v) is 3.99. The predicted octanol–water partition coefficient (Wildman–Crippen LogP) is 2.19. The lowest BCUT2D eigenvalue weighted by molar-refractivity contribution is -0.725. The Kier molecular flexibility index (Phi) is 6.32. The molecule has 1 aliphatic heterocycles. The molecule has 0 aliphatic carbocycles. The Morgan fingerprint density at radius 3 is 2.00 bits per heavy atom. The van der Waals surface area contributed by atoms with Crippen LogP contribution in [0.15, 0.2) is 18.3 Å². The van der Waals surface area contributed by atoms with Gasteiger partial charge in [-0.05, 0) is 24.1 Å². The number of aromatic nitrogens is 1. The van der Waals surface area contributed by atoms with Gasteiger partial charge in [-0.15, -0.1) is 0 Å². The first kappa shape index (κ1) is 23.3. The van der Waals surface area contributed by atoms with Crippen LogP contribution in [0.4, 0.5) is 0 Å². The smallest absolute Gasteiger partial charge is 0.354 e. The number of amides is 2. The number of hydrogen-bond donors (Lipinski definition) is 0. The third kappa shape index (κ3) is 3.52. The molecule has 1 aromatic carbocycles. The average molecular weight is 440 g/mol. The minimum Gasteiger partial charge on any atom is -0.493 e. The zero-order valence-electron chi connectivity index (χ0n) is 19.7. The molecule has 0 saturated heterocycles. The van der Waals surface area contributed by atoms with Crippen molar-refractivity contribution in [1.29, 1.82) is 0 Å². The number of hydrogen-bond acceptors (Lipinski definition) is 5. The number of ether oxygens (including phenoxy) is 3. The van der Waals surface area contributed by atoms with Gasteiger partial charge in [-0.25, -0.2) is 9.59 Å². The highest BCUT2D eigenvalue weighted by Gasteiger charge is 2.51. The lowest BCUT2D eigenvalue weighted by atomic mass is 9.96. The monoisotopic (exact) mass is 439 g/mol. The summed E-state index contributed by atoms with van der Waals surface area (Å²) in [7, 11) is 7.72. The van der Waals surface area contributed by atoms with Crippen LogP contribution < -0.4 is 24.8 Å². The number of carbonyl (C=O) groups excluding carboxylic acids is 2. The minimum absolute atomic E-state index is 0.295. The van der Waals surface area contributed by atoms with Gasteiger partial charge >= 0.3 is 11.8 Å². The van der Waals surface area contributed by atoms with Crippen molar-refractivity contribution in [3.8, 4) is 17.2 Å². The van der Waals surface area contributed by atoms with Crippen LogP contribution in [-0.4, -0.2) is 56.3 Å². The van der Waals surface area contributed by atoms with Crippen molar-refractivity contribution < 1.29 is 28.3 Å². The van der Waals surface area contributed by atoms with Crippen LogP contribution in [0.1, 0.15) is 30.9 Å². The second-order valence-corrected chi connectivity index (χ2v) is 8.24. The van der Waals surface area contributed by atoms with Gasteiger partial charge in [-0.1, -0.05) is 26.5 Å². The van der Waals surface area contributed by atoms with Crippen LogP contribution in [0.25, 0.3) is 24.3 Å². The van der Waals surface area contributed by atoms with Gasteiger partial charge in [0.15, 0.2) is 11.5 Å². The van der Waals surface area contributed by atoms with Gasteiger partial charge in [-0.3, -0.25) is 0 Å². The summed E-state index contributed by atoms with van der Waals surface area (Å²) in [6.07, 6.45) is 3.88. The molecule has 2 amide bonds. The summed E-state index contributed by atoms with van der Waals surface area (Å²) in [4.78, 5) is 27.0. The summed E-state index contributed by atoms with van der Waals surface area (Å²) < 4.78 is 17.9. The molecule has 1 aliphatic rings. The maximum absolute atomic E-state index is 13.5. The fraction of sp³-hybridized carbons (Fsp3) is 0.360. The van der Waals surface area contributed by atoms with Crippen LogP contribution in [0.5, 0.6) is 17.2 Å². The molecule has 0 bridgehead atoms. The third-order valence-corrected chi connectivity index (χ3v) is 5.97. The molecule has 1 aromatic heterocycles. The summed E-state index contributed by atoms with van der Waals surface area (Å²) in [6.45, 7) is 11.2. The van der Waals surface area contributed by atoms with E-state index in [1.165, 1.54) is 21.3 Å². The van der Waals surface area contributed by atoms with Gasteiger partial charge in [0.2, 0.25) is 5.75 Å². The zero-order chi connectivity index (χ0) is 23.8. The summed E-state index contributed by atoms with van der Waals surface area (Å²) in [6, 6.07) is 3.38. The topological polar surface area (TPSA) is 66.8 Å². The standard InChI is InChI=1S/C25H31N2O5/c1-9-10-11-26-14-18(15(2)16(26)3)22-21(24(28)27(4,5)25(22)29)17-12-19(30-6)23(32-8)20(13-17)31-7/h12-14H,2-3,9-11H2,1,4-8H3/q+1. The van der Waals surface area contributed by atoms with Gasteiger partial charge in [-0.2, -0.15) is 4.48 Å². The fourth-order valence-electron chi connectivity index (χ4n) is 3.99. The predicted molar refractivity (Wildman–Crippen MR) is 125 cm³/mol. The average Bonchev–Trinajstić information content (AvgIpc) is 3.15. The highest BCUT2D eigenvalue weighted by Crippen LogP contribution is 2.44. The Hall–Kier alpha value is -3.32. The molecule has 7 heteroatoms. The molecule has 0 unspecified atom stereocenters. The van der Waals surface area contributed by atoms with E-state index in [0.29, 0.717) is 44.7 Å². The van der Waals surface area contributed by atoms with Crippen LogP contribution in [0.3, 0.4) is 0 Å². The summed E-state index contributed by atoms with van der Waals surface area (Å²) in [5.41, 5.74) is 1.77. The molecule has 0 saturated carbocycles. The molecular formula is C25H31N2O5+. The third-order valence-electron chi connectivity index (χ3n) is 5.97. The van der Waals surface area contributed by atoms with Crippen molar-refractivity contribution in [2.45, 2.75) is 26.3 Å². The van der Waals surface area contributed by atoms with E-state index in [9.17, 15) is 9.59 Å². The number of imide groups is 1. The Bertz CT molecular complexity index is 1190. The van der Waals surface area contributed by atoms with E-state index in [1.54, 1.807) is 26.2 Å². The van der Waals surface area contributed by atoms with E-state index in [4.69, 9.17) is 14.2 Å². The van der Waals surface area contributed by atoms with Crippen molar-refractivity contribution >= 4 is 36.1 Å². The Labute approximate surface area is 188 Å². The van der Waals surface area contributed by atoms with E-state index < -0.39 is 4.48 Å². The van der Waals surface area contributed by atoms with E-state index in [2.05, 4.69) is 20.1 Å². The summed E-state index contributed by atoms with van der Waals surface area (Å²) >= 11 is 0. The molecule has 7 nitrogen and oxygen atoms in total. The number of benzene rings is 1. The number of aryl methyl sites for hydroxylation is 1.